The monoisotopic (exact) mass is 433 g/mol. The summed E-state index contributed by atoms with van der Waals surface area (Å²) in [5, 5.41) is 6.23. The van der Waals surface area contributed by atoms with Crippen molar-refractivity contribution in [1.82, 2.24) is 20.2 Å². The molecule has 1 aliphatic rings. The number of likely N-dealkylation sites (tertiary alicyclic amines) is 1. The van der Waals surface area contributed by atoms with Gasteiger partial charge in [0.15, 0.2) is 5.82 Å². The zero-order chi connectivity index (χ0) is 22.2. The van der Waals surface area contributed by atoms with Gasteiger partial charge in [-0.05, 0) is 87.4 Å². The summed E-state index contributed by atoms with van der Waals surface area (Å²) < 4.78 is 13.2. The van der Waals surface area contributed by atoms with E-state index in [1.54, 1.807) is 36.5 Å². The SMILES string of the molecule is O=C(NCCCN1CCCCC1)c1cccc(Nc2ccnc(-c3ccc(F)cc3)n2)c1. The third kappa shape index (κ3) is 6.11. The number of halogens is 1. The average molecular weight is 434 g/mol. The minimum absolute atomic E-state index is 0.0815. The van der Waals surface area contributed by atoms with Gasteiger partial charge in [-0.3, -0.25) is 4.79 Å². The molecule has 0 spiro atoms. The van der Waals surface area contributed by atoms with Gasteiger partial charge in [0.25, 0.3) is 5.91 Å². The Bertz CT molecular complexity index is 1030. The van der Waals surface area contributed by atoms with E-state index in [0.717, 1.165) is 24.2 Å². The molecule has 0 unspecified atom stereocenters. The Balaban J connectivity index is 1.33. The summed E-state index contributed by atoms with van der Waals surface area (Å²) in [7, 11) is 0. The highest BCUT2D eigenvalue weighted by Gasteiger charge is 2.10. The van der Waals surface area contributed by atoms with Gasteiger partial charge in [0.1, 0.15) is 11.6 Å². The topological polar surface area (TPSA) is 70.2 Å². The molecular formula is C25H28FN5O. The van der Waals surface area contributed by atoms with Crippen molar-refractivity contribution < 1.29 is 9.18 Å². The summed E-state index contributed by atoms with van der Waals surface area (Å²) in [6.45, 7) is 4.05. The van der Waals surface area contributed by atoms with Crippen LogP contribution in [0.25, 0.3) is 11.4 Å². The number of rotatable bonds is 8. The van der Waals surface area contributed by atoms with Crippen molar-refractivity contribution in [3.8, 4) is 11.4 Å². The predicted octanol–water partition coefficient (Wildman–Crippen LogP) is 4.63. The minimum atomic E-state index is -0.301. The van der Waals surface area contributed by atoms with E-state index in [2.05, 4.69) is 25.5 Å². The third-order valence-electron chi connectivity index (χ3n) is 5.54. The summed E-state index contributed by atoms with van der Waals surface area (Å²) in [6.07, 6.45) is 6.50. The van der Waals surface area contributed by atoms with Crippen LogP contribution in [0.2, 0.25) is 0 Å². The van der Waals surface area contributed by atoms with Gasteiger partial charge in [0.2, 0.25) is 0 Å². The number of amides is 1. The number of benzene rings is 2. The molecule has 0 aliphatic carbocycles. The van der Waals surface area contributed by atoms with Crippen molar-refractivity contribution in [3.63, 3.8) is 0 Å². The molecule has 7 heteroatoms. The Morgan fingerprint density at radius 1 is 1.03 bits per heavy atom. The van der Waals surface area contributed by atoms with Crippen molar-refractivity contribution in [2.24, 2.45) is 0 Å². The standard InChI is InChI=1S/C25H28FN5O/c26-21-10-8-19(9-11-21)24-27-14-12-23(30-24)29-22-7-4-6-20(18-22)25(32)28-13-5-17-31-15-2-1-3-16-31/h4,6-12,14,18H,1-3,5,13,15-17H2,(H,28,32)(H,27,29,30). The van der Waals surface area contributed by atoms with Gasteiger partial charge in [0, 0.05) is 29.6 Å². The number of nitrogens with zero attached hydrogens (tertiary/aromatic N) is 3. The summed E-state index contributed by atoms with van der Waals surface area (Å²) in [5.41, 5.74) is 2.09. The van der Waals surface area contributed by atoms with Crippen LogP contribution < -0.4 is 10.6 Å². The van der Waals surface area contributed by atoms with Crippen LogP contribution >= 0.6 is 0 Å². The van der Waals surface area contributed by atoms with E-state index in [9.17, 15) is 9.18 Å². The number of piperidine rings is 1. The van der Waals surface area contributed by atoms with Crippen LogP contribution in [0.5, 0.6) is 0 Å². The lowest BCUT2D eigenvalue weighted by Gasteiger charge is -2.26. The lowest BCUT2D eigenvalue weighted by Crippen LogP contribution is -2.33. The Morgan fingerprint density at radius 3 is 2.66 bits per heavy atom. The molecule has 2 aromatic carbocycles. The number of hydrogen-bond acceptors (Lipinski definition) is 5. The van der Waals surface area contributed by atoms with E-state index in [-0.39, 0.29) is 11.7 Å². The highest BCUT2D eigenvalue weighted by molar-refractivity contribution is 5.95. The molecule has 0 bridgehead atoms. The van der Waals surface area contributed by atoms with Crippen LogP contribution in [0.4, 0.5) is 15.9 Å². The van der Waals surface area contributed by atoms with Crippen molar-refractivity contribution >= 4 is 17.4 Å². The van der Waals surface area contributed by atoms with Crippen LogP contribution in [0.1, 0.15) is 36.0 Å². The minimum Gasteiger partial charge on any atom is -0.352 e. The molecule has 2 heterocycles. The largest absolute Gasteiger partial charge is 0.352 e. The van der Waals surface area contributed by atoms with Gasteiger partial charge >= 0.3 is 0 Å². The zero-order valence-electron chi connectivity index (χ0n) is 18.1. The molecule has 1 amide bonds. The van der Waals surface area contributed by atoms with Crippen molar-refractivity contribution in [3.05, 3.63) is 72.2 Å². The normalized spacial score (nSPS) is 14.2. The summed E-state index contributed by atoms with van der Waals surface area (Å²) in [6, 6.07) is 15.1. The molecule has 0 atom stereocenters. The van der Waals surface area contributed by atoms with Gasteiger partial charge in [-0.2, -0.15) is 0 Å². The van der Waals surface area contributed by atoms with Crippen molar-refractivity contribution in [2.75, 3.05) is 31.5 Å². The van der Waals surface area contributed by atoms with Crippen LogP contribution in [-0.4, -0.2) is 47.0 Å². The van der Waals surface area contributed by atoms with E-state index in [4.69, 9.17) is 0 Å². The Kier molecular flexibility index (Phi) is 7.40. The second-order valence-electron chi connectivity index (χ2n) is 7.99. The molecule has 2 N–H and O–H groups in total. The quantitative estimate of drug-likeness (QED) is 0.507. The smallest absolute Gasteiger partial charge is 0.251 e. The van der Waals surface area contributed by atoms with Gasteiger partial charge in [0.05, 0.1) is 0 Å². The van der Waals surface area contributed by atoms with E-state index in [1.165, 1.54) is 44.5 Å². The predicted molar refractivity (Wildman–Crippen MR) is 124 cm³/mol. The molecule has 32 heavy (non-hydrogen) atoms. The number of anilines is 2. The Hall–Kier alpha value is -3.32. The molecule has 1 saturated heterocycles. The Labute approximate surface area is 187 Å². The number of hydrogen-bond donors (Lipinski definition) is 2. The molecule has 1 aliphatic heterocycles. The molecule has 0 saturated carbocycles. The fourth-order valence-electron chi connectivity index (χ4n) is 3.84. The first-order valence-electron chi connectivity index (χ1n) is 11.1. The average Bonchev–Trinajstić information content (AvgIpc) is 2.83. The third-order valence-corrected chi connectivity index (χ3v) is 5.54. The van der Waals surface area contributed by atoms with Crippen LogP contribution in [-0.2, 0) is 0 Å². The fraction of sp³-hybridized carbons (Fsp3) is 0.320. The van der Waals surface area contributed by atoms with E-state index in [0.29, 0.717) is 23.8 Å². The van der Waals surface area contributed by atoms with Gasteiger partial charge in [-0.1, -0.05) is 12.5 Å². The molecule has 166 valence electrons. The lowest BCUT2D eigenvalue weighted by atomic mass is 10.1. The lowest BCUT2D eigenvalue weighted by molar-refractivity contribution is 0.0951. The molecular weight excluding hydrogens is 405 g/mol. The van der Waals surface area contributed by atoms with Crippen molar-refractivity contribution in [2.45, 2.75) is 25.7 Å². The number of carbonyl (C=O) groups excluding carboxylic acids is 1. The maximum atomic E-state index is 13.2. The van der Waals surface area contributed by atoms with Gasteiger partial charge < -0.3 is 15.5 Å². The fourth-order valence-corrected chi connectivity index (χ4v) is 3.84. The summed E-state index contributed by atoms with van der Waals surface area (Å²) >= 11 is 0. The molecule has 1 fully saturated rings. The van der Waals surface area contributed by atoms with Crippen LogP contribution in [0, 0.1) is 5.82 Å². The zero-order valence-corrected chi connectivity index (χ0v) is 18.1. The molecule has 1 aromatic heterocycles. The molecule has 3 aromatic rings. The second kappa shape index (κ2) is 10.8. The molecule has 4 rings (SSSR count). The number of aromatic nitrogens is 2. The molecule has 6 nitrogen and oxygen atoms in total. The maximum Gasteiger partial charge on any atom is 0.251 e. The molecule has 0 radical (unpaired) electrons. The second-order valence-corrected chi connectivity index (χ2v) is 7.99. The first-order chi connectivity index (χ1) is 15.7. The van der Waals surface area contributed by atoms with E-state index >= 15 is 0 Å². The summed E-state index contributed by atoms with van der Waals surface area (Å²) in [4.78, 5) is 23.8. The van der Waals surface area contributed by atoms with Crippen molar-refractivity contribution in [1.29, 1.82) is 0 Å². The first-order valence-corrected chi connectivity index (χ1v) is 11.1. The van der Waals surface area contributed by atoms with Gasteiger partial charge in [-0.15, -0.1) is 0 Å². The van der Waals surface area contributed by atoms with Gasteiger partial charge in [-0.25, -0.2) is 14.4 Å². The van der Waals surface area contributed by atoms with Crippen LogP contribution in [0.3, 0.4) is 0 Å². The number of carbonyl (C=O) groups is 1. The summed E-state index contributed by atoms with van der Waals surface area (Å²) in [5.74, 6) is 0.711. The highest BCUT2D eigenvalue weighted by atomic mass is 19.1. The highest BCUT2D eigenvalue weighted by Crippen LogP contribution is 2.20. The van der Waals surface area contributed by atoms with Crippen LogP contribution in [0.15, 0.2) is 60.8 Å². The first kappa shape index (κ1) is 21.9. The van der Waals surface area contributed by atoms with E-state index in [1.807, 2.05) is 12.1 Å². The Morgan fingerprint density at radius 2 is 1.84 bits per heavy atom. The van der Waals surface area contributed by atoms with E-state index < -0.39 is 0 Å². The number of nitrogens with one attached hydrogen (secondary N) is 2. The maximum absolute atomic E-state index is 13.2.